The maximum Gasteiger partial charge on any atom is 0.104 e. The maximum atomic E-state index is 5.25. The second kappa shape index (κ2) is 7.13. The molecule has 13 heavy (non-hydrogen) atoms. The molecule has 1 rings (SSSR count). The van der Waals surface area contributed by atoms with Crippen molar-refractivity contribution < 1.29 is 0 Å². The minimum atomic E-state index is 0.953. The highest BCUT2D eigenvalue weighted by molar-refractivity contribution is 8.47. The van der Waals surface area contributed by atoms with Crippen molar-refractivity contribution in [3.63, 3.8) is 0 Å². The van der Waals surface area contributed by atoms with Crippen LogP contribution in [0.2, 0.25) is 0 Å². The molecule has 0 spiro atoms. The van der Waals surface area contributed by atoms with Gasteiger partial charge in [-0.15, -0.1) is 23.5 Å². The number of hydrogen-bond donors (Lipinski definition) is 0. The molecular formula is C10H18S3. The lowest BCUT2D eigenvalue weighted by molar-refractivity contribution is 0.391. The van der Waals surface area contributed by atoms with Crippen LogP contribution in [0.15, 0.2) is 0 Å². The second-order valence-corrected chi connectivity index (χ2v) is 6.99. The molecule has 0 aromatic carbocycles. The Kier molecular flexibility index (Phi) is 6.51. The van der Waals surface area contributed by atoms with E-state index >= 15 is 0 Å². The van der Waals surface area contributed by atoms with E-state index in [0.717, 1.165) is 15.2 Å². The Hall–Kier alpha value is 0.790. The van der Waals surface area contributed by atoms with Gasteiger partial charge >= 0.3 is 0 Å². The molecule has 0 heterocycles. The first-order valence-corrected chi connectivity index (χ1v) is 7.50. The Balaban J connectivity index is 2.06. The third-order valence-corrected chi connectivity index (χ3v) is 5.24. The smallest absolute Gasteiger partial charge is 0.104 e. The normalized spacial score (nSPS) is 18.8. The van der Waals surface area contributed by atoms with Crippen molar-refractivity contribution in [1.82, 2.24) is 0 Å². The predicted octanol–water partition coefficient (Wildman–Crippen LogP) is 4.34. The predicted molar refractivity (Wildman–Crippen MR) is 69.8 cm³/mol. The molecule has 0 saturated heterocycles. The Bertz CT molecular complexity index is 150. The third kappa shape index (κ3) is 5.28. The van der Waals surface area contributed by atoms with Crippen molar-refractivity contribution in [1.29, 1.82) is 0 Å². The molecule has 0 N–H and O–H groups in total. The van der Waals surface area contributed by atoms with Crippen molar-refractivity contribution in [3.05, 3.63) is 0 Å². The Morgan fingerprint density at radius 1 is 1.23 bits per heavy atom. The molecule has 1 aliphatic rings. The van der Waals surface area contributed by atoms with Gasteiger partial charge in [0.25, 0.3) is 0 Å². The quantitative estimate of drug-likeness (QED) is 0.667. The summed E-state index contributed by atoms with van der Waals surface area (Å²) in [7, 11) is 0. The zero-order valence-corrected chi connectivity index (χ0v) is 10.7. The molecule has 1 aliphatic carbocycles. The minimum absolute atomic E-state index is 0.953. The van der Waals surface area contributed by atoms with Gasteiger partial charge in [-0.05, 0) is 24.5 Å². The summed E-state index contributed by atoms with van der Waals surface area (Å²) in [6, 6.07) is 0. The van der Waals surface area contributed by atoms with Crippen LogP contribution in [0.1, 0.15) is 39.0 Å². The maximum absolute atomic E-state index is 5.25. The average molecular weight is 234 g/mol. The zero-order chi connectivity index (χ0) is 9.52. The van der Waals surface area contributed by atoms with Crippen LogP contribution in [0, 0.1) is 5.92 Å². The Morgan fingerprint density at radius 2 is 1.92 bits per heavy atom. The van der Waals surface area contributed by atoms with Crippen LogP contribution in [0.3, 0.4) is 0 Å². The van der Waals surface area contributed by atoms with E-state index in [1.807, 2.05) is 23.5 Å². The summed E-state index contributed by atoms with van der Waals surface area (Å²) in [6.45, 7) is 2.16. The summed E-state index contributed by atoms with van der Waals surface area (Å²) in [5, 5.41) is 0. The third-order valence-electron chi connectivity index (χ3n) is 2.42. The van der Waals surface area contributed by atoms with Crippen molar-refractivity contribution in [2.75, 3.05) is 11.5 Å². The van der Waals surface area contributed by atoms with E-state index in [0.29, 0.717) is 0 Å². The van der Waals surface area contributed by atoms with Crippen molar-refractivity contribution in [3.8, 4) is 0 Å². The van der Waals surface area contributed by atoms with Crippen LogP contribution in [0.5, 0.6) is 0 Å². The molecule has 0 unspecified atom stereocenters. The van der Waals surface area contributed by atoms with Gasteiger partial charge in [0.1, 0.15) is 3.53 Å². The molecule has 3 heteroatoms. The topological polar surface area (TPSA) is 0 Å². The molecule has 0 bridgehead atoms. The fourth-order valence-corrected chi connectivity index (χ4v) is 4.09. The van der Waals surface area contributed by atoms with E-state index in [1.165, 1.54) is 37.9 Å². The molecule has 0 nitrogen and oxygen atoms in total. The summed E-state index contributed by atoms with van der Waals surface area (Å²) in [5.41, 5.74) is 0. The molecule has 0 aliphatic heterocycles. The summed E-state index contributed by atoms with van der Waals surface area (Å²) in [5.74, 6) is 3.34. The van der Waals surface area contributed by atoms with Crippen LogP contribution in [-0.4, -0.2) is 15.0 Å². The standard InChI is InChI=1S/C10H18S3/c1-2-12-10(11)13-8-9-6-4-3-5-7-9/h9H,2-8H2,1H3. The Morgan fingerprint density at radius 3 is 2.54 bits per heavy atom. The van der Waals surface area contributed by atoms with Gasteiger partial charge in [-0.25, -0.2) is 0 Å². The molecule has 0 aromatic heterocycles. The van der Waals surface area contributed by atoms with Gasteiger partial charge in [0.15, 0.2) is 0 Å². The van der Waals surface area contributed by atoms with Crippen molar-refractivity contribution in [2.45, 2.75) is 39.0 Å². The van der Waals surface area contributed by atoms with Crippen molar-refractivity contribution in [2.24, 2.45) is 5.92 Å². The fraction of sp³-hybridized carbons (Fsp3) is 0.900. The van der Waals surface area contributed by atoms with Crippen LogP contribution in [0.4, 0.5) is 0 Å². The summed E-state index contributed by atoms with van der Waals surface area (Å²) >= 11 is 8.96. The second-order valence-electron chi connectivity index (χ2n) is 3.50. The average Bonchev–Trinajstić information content (AvgIpc) is 2.17. The van der Waals surface area contributed by atoms with Crippen LogP contribution < -0.4 is 0 Å². The lowest BCUT2D eigenvalue weighted by atomic mass is 9.91. The number of thioether (sulfide) groups is 2. The molecule has 1 saturated carbocycles. The van der Waals surface area contributed by atoms with E-state index in [9.17, 15) is 0 Å². The lowest BCUT2D eigenvalue weighted by Gasteiger charge is -2.20. The van der Waals surface area contributed by atoms with E-state index in [4.69, 9.17) is 12.2 Å². The highest BCUT2D eigenvalue weighted by Crippen LogP contribution is 2.28. The van der Waals surface area contributed by atoms with Gasteiger partial charge in [-0.2, -0.15) is 0 Å². The summed E-state index contributed by atoms with van der Waals surface area (Å²) < 4.78 is 1.15. The zero-order valence-electron chi connectivity index (χ0n) is 8.25. The molecule has 0 amide bonds. The lowest BCUT2D eigenvalue weighted by Crippen LogP contribution is -2.09. The molecule has 0 radical (unpaired) electrons. The first-order chi connectivity index (χ1) is 6.33. The van der Waals surface area contributed by atoms with Gasteiger partial charge < -0.3 is 0 Å². The van der Waals surface area contributed by atoms with Crippen LogP contribution >= 0.6 is 35.7 Å². The number of thiocarbonyl (C=S) groups is 1. The number of hydrogen-bond acceptors (Lipinski definition) is 3. The van der Waals surface area contributed by atoms with Gasteiger partial charge in [-0.3, -0.25) is 0 Å². The largest absolute Gasteiger partial charge is 0.108 e. The van der Waals surface area contributed by atoms with Gasteiger partial charge in [0.2, 0.25) is 0 Å². The molecule has 0 aromatic rings. The first kappa shape index (κ1) is 11.9. The van der Waals surface area contributed by atoms with Crippen molar-refractivity contribution >= 4 is 39.3 Å². The molecule has 1 fully saturated rings. The summed E-state index contributed by atoms with van der Waals surface area (Å²) in [6.07, 6.45) is 7.21. The van der Waals surface area contributed by atoms with Gasteiger partial charge in [0.05, 0.1) is 0 Å². The minimum Gasteiger partial charge on any atom is -0.108 e. The van der Waals surface area contributed by atoms with Gasteiger partial charge in [0, 0.05) is 5.75 Å². The SMILES string of the molecule is CCSC(=S)SCC1CCCCC1. The molecule has 76 valence electrons. The monoisotopic (exact) mass is 234 g/mol. The van der Waals surface area contributed by atoms with E-state index in [1.54, 1.807) is 0 Å². The molecule has 0 atom stereocenters. The highest BCUT2D eigenvalue weighted by atomic mass is 32.2. The van der Waals surface area contributed by atoms with Crippen LogP contribution in [0.25, 0.3) is 0 Å². The molecular weight excluding hydrogens is 216 g/mol. The fourth-order valence-electron chi connectivity index (χ4n) is 1.70. The summed E-state index contributed by atoms with van der Waals surface area (Å²) in [4.78, 5) is 0. The van der Waals surface area contributed by atoms with E-state index in [-0.39, 0.29) is 0 Å². The highest BCUT2D eigenvalue weighted by Gasteiger charge is 2.13. The van der Waals surface area contributed by atoms with Gasteiger partial charge in [-0.1, -0.05) is 38.4 Å². The Labute approximate surface area is 95.6 Å². The van der Waals surface area contributed by atoms with Crippen LogP contribution in [-0.2, 0) is 0 Å². The first-order valence-electron chi connectivity index (χ1n) is 5.12. The van der Waals surface area contributed by atoms with E-state index in [2.05, 4.69) is 6.92 Å². The number of rotatable bonds is 3. The van der Waals surface area contributed by atoms with E-state index < -0.39 is 0 Å².